The van der Waals surface area contributed by atoms with Gasteiger partial charge >= 0.3 is 5.97 Å². The molecule has 0 amide bonds. The van der Waals surface area contributed by atoms with Crippen LogP contribution in [0.2, 0.25) is 0 Å². The highest BCUT2D eigenvalue weighted by Gasteiger charge is 2.14. The molecule has 1 saturated heterocycles. The molecule has 138 valence electrons. The predicted octanol–water partition coefficient (Wildman–Crippen LogP) is 2.74. The first-order chi connectivity index (χ1) is 12.1. The van der Waals surface area contributed by atoms with Crippen molar-refractivity contribution in [2.24, 2.45) is 0 Å². The fourth-order valence-electron chi connectivity index (χ4n) is 3.04. The minimum atomic E-state index is -0.177. The number of unbranched alkanes of at least 4 members (excludes halogenated alkanes) is 1. The molecule has 0 atom stereocenters. The predicted molar refractivity (Wildman–Crippen MR) is 98.6 cm³/mol. The molecule has 1 fully saturated rings. The Bertz CT molecular complexity index is 566. The molecule has 1 aliphatic heterocycles. The zero-order chi connectivity index (χ0) is 18.1. The lowest BCUT2D eigenvalue weighted by Gasteiger charge is -2.32. The fraction of sp³-hybridized carbons (Fsp3) is 0.600. The maximum absolute atomic E-state index is 12.4. The van der Waals surface area contributed by atoms with E-state index in [1.54, 1.807) is 6.92 Å². The van der Waals surface area contributed by atoms with E-state index in [2.05, 4.69) is 22.9 Å². The second-order valence-corrected chi connectivity index (χ2v) is 6.72. The summed E-state index contributed by atoms with van der Waals surface area (Å²) in [6, 6.07) is 7.97. The van der Waals surface area contributed by atoms with Gasteiger partial charge < -0.3 is 9.64 Å². The first-order valence-corrected chi connectivity index (χ1v) is 9.27. The lowest BCUT2D eigenvalue weighted by atomic mass is 10.0. The number of nitrogens with zero attached hydrogens (tertiary/aromatic N) is 2. The Morgan fingerprint density at radius 1 is 1.08 bits per heavy atom. The van der Waals surface area contributed by atoms with Crippen LogP contribution in [0, 0.1) is 0 Å². The zero-order valence-corrected chi connectivity index (χ0v) is 15.5. The summed E-state index contributed by atoms with van der Waals surface area (Å²) >= 11 is 0. The van der Waals surface area contributed by atoms with E-state index in [1.165, 1.54) is 5.56 Å². The standard InChI is InChI=1S/C20H30N2O3/c1-3-25-20(24)10-5-4-9-19(23)18-8-6-7-17(15-18)16-22-13-11-21(2)12-14-22/h6-8,15H,3-5,9-14,16H2,1-2H3. The maximum atomic E-state index is 12.4. The summed E-state index contributed by atoms with van der Waals surface area (Å²) in [4.78, 5) is 28.4. The maximum Gasteiger partial charge on any atom is 0.305 e. The average molecular weight is 346 g/mol. The molecule has 0 aromatic heterocycles. The molecule has 0 bridgehead atoms. The van der Waals surface area contributed by atoms with Gasteiger partial charge in [-0.2, -0.15) is 0 Å². The van der Waals surface area contributed by atoms with Gasteiger partial charge in [0, 0.05) is 51.1 Å². The number of ketones is 1. The second-order valence-electron chi connectivity index (χ2n) is 6.72. The number of Topliss-reactive ketones (excluding diaryl/α,β-unsaturated/α-hetero) is 1. The topological polar surface area (TPSA) is 49.9 Å². The summed E-state index contributed by atoms with van der Waals surface area (Å²) in [5.74, 6) is -0.0202. The van der Waals surface area contributed by atoms with E-state index in [4.69, 9.17) is 4.74 Å². The molecule has 2 rings (SSSR count). The van der Waals surface area contributed by atoms with Crippen molar-refractivity contribution in [2.45, 2.75) is 39.2 Å². The number of rotatable bonds is 9. The van der Waals surface area contributed by atoms with E-state index < -0.39 is 0 Å². The molecule has 5 nitrogen and oxygen atoms in total. The van der Waals surface area contributed by atoms with Gasteiger partial charge in [0.1, 0.15) is 0 Å². The van der Waals surface area contributed by atoms with Gasteiger partial charge in [-0.15, -0.1) is 0 Å². The van der Waals surface area contributed by atoms with Gasteiger partial charge in [0.2, 0.25) is 0 Å². The molecule has 0 N–H and O–H groups in total. The van der Waals surface area contributed by atoms with Crippen LogP contribution >= 0.6 is 0 Å². The number of hydrogen-bond acceptors (Lipinski definition) is 5. The Labute approximate surface area is 150 Å². The average Bonchev–Trinajstić information content (AvgIpc) is 2.61. The summed E-state index contributed by atoms with van der Waals surface area (Å²) in [5, 5.41) is 0. The molecule has 0 spiro atoms. The minimum Gasteiger partial charge on any atom is -0.466 e. The molecule has 0 unspecified atom stereocenters. The number of piperazine rings is 1. The van der Waals surface area contributed by atoms with Crippen LogP contribution in [0.25, 0.3) is 0 Å². The van der Waals surface area contributed by atoms with E-state index in [0.717, 1.165) is 44.7 Å². The van der Waals surface area contributed by atoms with Crippen molar-refractivity contribution in [3.63, 3.8) is 0 Å². The number of benzene rings is 1. The summed E-state index contributed by atoms with van der Waals surface area (Å²) in [5.41, 5.74) is 1.98. The molecule has 5 heteroatoms. The van der Waals surface area contributed by atoms with Crippen molar-refractivity contribution in [1.29, 1.82) is 0 Å². The Morgan fingerprint density at radius 2 is 1.80 bits per heavy atom. The molecular weight excluding hydrogens is 316 g/mol. The van der Waals surface area contributed by atoms with Crippen LogP contribution in [-0.2, 0) is 16.1 Å². The number of hydrogen-bond donors (Lipinski definition) is 0. The quantitative estimate of drug-likeness (QED) is 0.391. The van der Waals surface area contributed by atoms with E-state index in [-0.39, 0.29) is 11.8 Å². The lowest BCUT2D eigenvalue weighted by Crippen LogP contribution is -2.43. The highest BCUT2D eigenvalue weighted by atomic mass is 16.5. The van der Waals surface area contributed by atoms with Crippen LogP contribution in [0.1, 0.15) is 48.5 Å². The summed E-state index contributed by atoms with van der Waals surface area (Å²) in [6.45, 7) is 7.45. The number of carbonyl (C=O) groups excluding carboxylic acids is 2. The Kier molecular flexibility index (Phi) is 8.09. The molecule has 1 aromatic carbocycles. The Balaban J connectivity index is 1.77. The largest absolute Gasteiger partial charge is 0.466 e. The van der Waals surface area contributed by atoms with Gasteiger partial charge in [-0.3, -0.25) is 14.5 Å². The molecule has 0 saturated carbocycles. The fourth-order valence-corrected chi connectivity index (χ4v) is 3.04. The minimum absolute atomic E-state index is 0.157. The highest BCUT2D eigenvalue weighted by Crippen LogP contribution is 2.13. The normalized spacial score (nSPS) is 15.9. The summed E-state index contributed by atoms with van der Waals surface area (Å²) in [6.07, 6.45) is 2.30. The van der Waals surface area contributed by atoms with Crippen LogP contribution in [0.3, 0.4) is 0 Å². The van der Waals surface area contributed by atoms with Crippen molar-refractivity contribution in [1.82, 2.24) is 9.80 Å². The van der Waals surface area contributed by atoms with E-state index in [1.807, 2.05) is 18.2 Å². The van der Waals surface area contributed by atoms with Crippen LogP contribution in [0.15, 0.2) is 24.3 Å². The van der Waals surface area contributed by atoms with Crippen molar-refractivity contribution in [3.8, 4) is 0 Å². The third-order valence-electron chi connectivity index (χ3n) is 4.59. The summed E-state index contributed by atoms with van der Waals surface area (Å²) < 4.78 is 4.90. The Morgan fingerprint density at radius 3 is 2.52 bits per heavy atom. The van der Waals surface area contributed by atoms with E-state index >= 15 is 0 Å². The number of carbonyl (C=O) groups is 2. The lowest BCUT2D eigenvalue weighted by molar-refractivity contribution is -0.143. The van der Waals surface area contributed by atoms with Crippen molar-refractivity contribution in [2.75, 3.05) is 39.8 Å². The smallest absolute Gasteiger partial charge is 0.305 e. The van der Waals surface area contributed by atoms with Crippen molar-refractivity contribution >= 4 is 11.8 Å². The molecular formula is C20H30N2O3. The van der Waals surface area contributed by atoms with Crippen molar-refractivity contribution in [3.05, 3.63) is 35.4 Å². The number of esters is 1. The van der Waals surface area contributed by atoms with Gasteiger partial charge in [-0.05, 0) is 38.4 Å². The second kappa shape index (κ2) is 10.3. The molecule has 1 aromatic rings. The van der Waals surface area contributed by atoms with Crippen LogP contribution in [0.5, 0.6) is 0 Å². The summed E-state index contributed by atoms with van der Waals surface area (Å²) in [7, 11) is 2.15. The van der Waals surface area contributed by atoms with Gasteiger partial charge in [-0.25, -0.2) is 0 Å². The Hall–Kier alpha value is -1.72. The van der Waals surface area contributed by atoms with E-state index in [9.17, 15) is 9.59 Å². The molecule has 1 aliphatic rings. The van der Waals surface area contributed by atoms with Crippen LogP contribution in [0.4, 0.5) is 0 Å². The zero-order valence-electron chi connectivity index (χ0n) is 15.5. The molecule has 25 heavy (non-hydrogen) atoms. The third kappa shape index (κ3) is 6.96. The first kappa shape index (κ1) is 19.6. The van der Waals surface area contributed by atoms with Gasteiger partial charge in [0.15, 0.2) is 5.78 Å². The van der Waals surface area contributed by atoms with Gasteiger partial charge in [0.05, 0.1) is 6.61 Å². The van der Waals surface area contributed by atoms with Gasteiger partial charge in [-0.1, -0.05) is 18.2 Å². The molecule has 0 radical (unpaired) electrons. The van der Waals surface area contributed by atoms with Gasteiger partial charge in [0.25, 0.3) is 0 Å². The number of likely N-dealkylation sites (N-methyl/N-ethyl adjacent to an activating group) is 1. The monoisotopic (exact) mass is 346 g/mol. The van der Waals surface area contributed by atoms with Crippen LogP contribution < -0.4 is 0 Å². The molecule has 1 heterocycles. The van der Waals surface area contributed by atoms with Crippen molar-refractivity contribution < 1.29 is 14.3 Å². The van der Waals surface area contributed by atoms with E-state index in [0.29, 0.717) is 25.9 Å². The van der Waals surface area contributed by atoms with Crippen LogP contribution in [-0.4, -0.2) is 61.4 Å². The SMILES string of the molecule is CCOC(=O)CCCCC(=O)c1cccc(CN2CCN(C)CC2)c1. The molecule has 0 aliphatic carbocycles. The first-order valence-electron chi connectivity index (χ1n) is 9.27. The number of ether oxygens (including phenoxy) is 1. The highest BCUT2D eigenvalue weighted by molar-refractivity contribution is 5.96. The third-order valence-corrected chi connectivity index (χ3v) is 4.59.